The SMILES string of the molecule is Cc1[nH]c(=O)[nH]c(=O)c1/C=C/C(=O)NCCc1ccc(Br)cc1. The second kappa shape index (κ2) is 7.73. The van der Waals surface area contributed by atoms with Crippen molar-refractivity contribution < 1.29 is 4.79 Å². The van der Waals surface area contributed by atoms with Crippen LogP contribution in [0.3, 0.4) is 0 Å². The van der Waals surface area contributed by atoms with E-state index in [2.05, 4.69) is 31.2 Å². The minimum Gasteiger partial charge on any atom is -0.352 e. The zero-order valence-electron chi connectivity index (χ0n) is 12.5. The van der Waals surface area contributed by atoms with Crippen LogP contribution < -0.4 is 16.6 Å². The summed E-state index contributed by atoms with van der Waals surface area (Å²) in [7, 11) is 0. The zero-order valence-corrected chi connectivity index (χ0v) is 14.1. The van der Waals surface area contributed by atoms with Gasteiger partial charge in [-0.3, -0.25) is 14.6 Å². The minimum atomic E-state index is -0.566. The van der Waals surface area contributed by atoms with Gasteiger partial charge in [-0.2, -0.15) is 0 Å². The standard InChI is InChI=1S/C16H16BrN3O3/c1-10-13(15(22)20-16(23)19-10)6-7-14(21)18-9-8-11-2-4-12(17)5-3-11/h2-7H,8-9H2,1H3,(H,18,21)(H2,19,20,22,23)/b7-6+. The van der Waals surface area contributed by atoms with Crippen molar-refractivity contribution in [2.75, 3.05) is 6.54 Å². The van der Waals surface area contributed by atoms with Gasteiger partial charge in [-0.1, -0.05) is 28.1 Å². The Hall–Kier alpha value is -2.41. The summed E-state index contributed by atoms with van der Waals surface area (Å²) in [6, 6.07) is 7.86. The Morgan fingerprint density at radius 3 is 2.57 bits per heavy atom. The van der Waals surface area contributed by atoms with Gasteiger partial charge >= 0.3 is 5.69 Å². The highest BCUT2D eigenvalue weighted by atomic mass is 79.9. The predicted molar refractivity (Wildman–Crippen MR) is 92.3 cm³/mol. The number of hydrogen-bond donors (Lipinski definition) is 3. The molecule has 23 heavy (non-hydrogen) atoms. The fourth-order valence-electron chi connectivity index (χ4n) is 2.01. The first-order chi connectivity index (χ1) is 11.0. The molecule has 6 nitrogen and oxygen atoms in total. The third-order valence-electron chi connectivity index (χ3n) is 3.20. The number of H-pyrrole nitrogens is 2. The molecular weight excluding hydrogens is 362 g/mol. The molecule has 0 aliphatic rings. The number of amides is 1. The van der Waals surface area contributed by atoms with E-state index < -0.39 is 11.2 Å². The third-order valence-corrected chi connectivity index (χ3v) is 3.73. The topological polar surface area (TPSA) is 94.8 Å². The Balaban J connectivity index is 1.91. The molecule has 2 aromatic rings. The molecule has 7 heteroatoms. The largest absolute Gasteiger partial charge is 0.352 e. The zero-order chi connectivity index (χ0) is 16.8. The summed E-state index contributed by atoms with van der Waals surface area (Å²) in [4.78, 5) is 39.1. The van der Waals surface area contributed by atoms with Crippen LogP contribution in [0.25, 0.3) is 6.08 Å². The normalized spacial score (nSPS) is 10.9. The molecule has 1 amide bonds. The van der Waals surface area contributed by atoms with Crippen molar-refractivity contribution in [3.63, 3.8) is 0 Å². The summed E-state index contributed by atoms with van der Waals surface area (Å²) < 4.78 is 1.01. The first-order valence-electron chi connectivity index (χ1n) is 6.99. The number of aromatic nitrogens is 2. The van der Waals surface area contributed by atoms with Gasteiger partial charge in [-0.15, -0.1) is 0 Å². The summed E-state index contributed by atoms with van der Waals surface area (Å²) >= 11 is 3.37. The molecule has 0 saturated heterocycles. The molecule has 0 spiro atoms. The molecule has 0 fully saturated rings. The number of halogens is 1. The van der Waals surface area contributed by atoms with Crippen LogP contribution >= 0.6 is 15.9 Å². The van der Waals surface area contributed by atoms with Crippen molar-refractivity contribution in [1.82, 2.24) is 15.3 Å². The van der Waals surface area contributed by atoms with E-state index in [9.17, 15) is 14.4 Å². The quantitative estimate of drug-likeness (QED) is 0.689. The van der Waals surface area contributed by atoms with Crippen LogP contribution in [0.5, 0.6) is 0 Å². The van der Waals surface area contributed by atoms with Gasteiger partial charge in [0.1, 0.15) is 0 Å². The number of aromatic amines is 2. The molecule has 0 aliphatic carbocycles. The molecule has 1 aromatic heterocycles. The number of carbonyl (C=O) groups excluding carboxylic acids is 1. The van der Waals surface area contributed by atoms with Gasteiger partial charge in [0.2, 0.25) is 5.91 Å². The fraction of sp³-hybridized carbons (Fsp3) is 0.188. The lowest BCUT2D eigenvalue weighted by Gasteiger charge is -2.03. The van der Waals surface area contributed by atoms with Crippen LogP contribution in [-0.4, -0.2) is 22.4 Å². The third kappa shape index (κ3) is 5.07. The van der Waals surface area contributed by atoms with Crippen molar-refractivity contribution in [3.05, 3.63) is 72.5 Å². The summed E-state index contributed by atoms with van der Waals surface area (Å²) in [5.74, 6) is -0.299. The number of benzene rings is 1. The van der Waals surface area contributed by atoms with E-state index in [0.29, 0.717) is 18.7 Å². The average Bonchev–Trinajstić information content (AvgIpc) is 2.48. The van der Waals surface area contributed by atoms with E-state index in [1.54, 1.807) is 6.92 Å². The number of nitrogens with one attached hydrogen (secondary N) is 3. The molecule has 1 aromatic carbocycles. The van der Waals surface area contributed by atoms with Crippen molar-refractivity contribution >= 4 is 27.9 Å². The van der Waals surface area contributed by atoms with Crippen molar-refractivity contribution in [2.45, 2.75) is 13.3 Å². The molecular formula is C16H16BrN3O3. The molecule has 0 aliphatic heterocycles. The van der Waals surface area contributed by atoms with Gasteiger partial charge in [-0.05, 0) is 37.1 Å². The monoisotopic (exact) mass is 377 g/mol. The molecule has 0 bridgehead atoms. The highest BCUT2D eigenvalue weighted by molar-refractivity contribution is 9.10. The number of hydrogen-bond acceptors (Lipinski definition) is 3. The highest BCUT2D eigenvalue weighted by Crippen LogP contribution is 2.10. The summed E-state index contributed by atoms with van der Waals surface area (Å²) in [6.45, 7) is 2.09. The number of aryl methyl sites for hydroxylation is 1. The summed E-state index contributed by atoms with van der Waals surface area (Å²) in [6.07, 6.45) is 3.38. The van der Waals surface area contributed by atoms with Crippen LogP contribution in [0.4, 0.5) is 0 Å². The van der Waals surface area contributed by atoms with Gasteiger partial charge in [0.15, 0.2) is 0 Å². The van der Waals surface area contributed by atoms with E-state index in [-0.39, 0.29) is 11.5 Å². The maximum Gasteiger partial charge on any atom is 0.325 e. The Bertz CT molecular complexity index is 835. The lowest BCUT2D eigenvalue weighted by atomic mass is 10.1. The maximum atomic E-state index is 11.8. The van der Waals surface area contributed by atoms with E-state index in [4.69, 9.17) is 0 Å². The first kappa shape index (κ1) is 17.0. The molecule has 120 valence electrons. The van der Waals surface area contributed by atoms with Crippen LogP contribution in [0.15, 0.2) is 44.4 Å². The van der Waals surface area contributed by atoms with E-state index >= 15 is 0 Å². The predicted octanol–water partition coefficient (Wildman–Crippen LogP) is 1.51. The van der Waals surface area contributed by atoms with Crippen LogP contribution in [0.2, 0.25) is 0 Å². The summed E-state index contributed by atoms with van der Waals surface area (Å²) in [5.41, 5.74) is 0.699. The molecule has 2 rings (SSSR count). The maximum absolute atomic E-state index is 11.8. The number of rotatable bonds is 5. The van der Waals surface area contributed by atoms with Gasteiger partial charge < -0.3 is 10.3 Å². The lowest BCUT2D eigenvalue weighted by Crippen LogP contribution is -2.26. The second-order valence-corrected chi connectivity index (χ2v) is 5.86. The molecule has 3 N–H and O–H groups in total. The Labute approximate surface area is 140 Å². The van der Waals surface area contributed by atoms with Crippen LogP contribution in [0.1, 0.15) is 16.8 Å². The van der Waals surface area contributed by atoms with Crippen molar-refractivity contribution in [1.29, 1.82) is 0 Å². The summed E-state index contributed by atoms with van der Waals surface area (Å²) in [5, 5.41) is 2.74. The number of carbonyl (C=O) groups is 1. The highest BCUT2D eigenvalue weighted by Gasteiger charge is 2.03. The lowest BCUT2D eigenvalue weighted by molar-refractivity contribution is -0.116. The van der Waals surface area contributed by atoms with Gasteiger partial charge in [-0.25, -0.2) is 4.79 Å². The molecule has 1 heterocycles. The average molecular weight is 378 g/mol. The molecule has 0 unspecified atom stereocenters. The van der Waals surface area contributed by atoms with Gasteiger partial charge in [0.25, 0.3) is 5.56 Å². The minimum absolute atomic E-state index is 0.257. The van der Waals surface area contributed by atoms with Crippen LogP contribution in [0, 0.1) is 6.92 Å². The Morgan fingerprint density at radius 2 is 1.91 bits per heavy atom. The Kier molecular flexibility index (Phi) is 5.70. The van der Waals surface area contributed by atoms with E-state index in [1.807, 2.05) is 24.3 Å². The van der Waals surface area contributed by atoms with Crippen molar-refractivity contribution in [2.24, 2.45) is 0 Å². The smallest absolute Gasteiger partial charge is 0.325 e. The van der Waals surface area contributed by atoms with Gasteiger partial charge in [0, 0.05) is 22.8 Å². The van der Waals surface area contributed by atoms with Crippen LogP contribution in [-0.2, 0) is 11.2 Å². The van der Waals surface area contributed by atoms with E-state index in [1.165, 1.54) is 12.2 Å². The molecule has 0 radical (unpaired) electrons. The molecule has 0 saturated carbocycles. The Morgan fingerprint density at radius 1 is 1.22 bits per heavy atom. The second-order valence-electron chi connectivity index (χ2n) is 4.95. The van der Waals surface area contributed by atoms with Crippen molar-refractivity contribution in [3.8, 4) is 0 Å². The van der Waals surface area contributed by atoms with E-state index in [0.717, 1.165) is 10.0 Å². The van der Waals surface area contributed by atoms with Gasteiger partial charge in [0.05, 0.1) is 5.56 Å². The fourth-order valence-corrected chi connectivity index (χ4v) is 2.27. The molecule has 0 atom stereocenters. The first-order valence-corrected chi connectivity index (χ1v) is 7.78.